The normalized spacial score (nSPS) is 17.4. The molecule has 1 saturated heterocycles. The summed E-state index contributed by atoms with van der Waals surface area (Å²) in [6.07, 6.45) is 0. The van der Waals surface area contributed by atoms with Crippen LogP contribution in [0.1, 0.15) is 22.0 Å². The van der Waals surface area contributed by atoms with Gasteiger partial charge in [0, 0.05) is 11.9 Å². The van der Waals surface area contributed by atoms with E-state index in [1.807, 2.05) is 30.3 Å². The number of hydrogen-bond acceptors (Lipinski definition) is 5. The number of nitrogens with zero attached hydrogens (tertiary/aromatic N) is 1. The molecule has 0 spiro atoms. The zero-order valence-corrected chi connectivity index (χ0v) is 14.0. The van der Waals surface area contributed by atoms with E-state index in [9.17, 15) is 9.59 Å². The summed E-state index contributed by atoms with van der Waals surface area (Å²) in [6.45, 7) is 1.49. The van der Waals surface area contributed by atoms with Gasteiger partial charge in [0.25, 0.3) is 0 Å². The van der Waals surface area contributed by atoms with E-state index in [1.54, 1.807) is 16.3 Å². The molecule has 2 heterocycles. The second-order valence-electron chi connectivity index (χ2n) is 5.32. The summed E-state index contributed by atoms with van der Waals surface area (Å²) in [6, 6.07) is 11.1. The van der Waals surface area contributed by atoms with Gasteiger partial charge in [-0.15, -0.1) is 11.3 Å². The van der Waals surface area contributed by atoms with Gasteiger partial charge in [-0.05, 0) is 11.6 Å². The third-order valence-electron chi connectivity index (χ3n) is 3.82. The molecular weight excluding hydrogens is 328 g/mol. The molecule has 3 rings (SSSR count). The van der Waals surface area contributed by atoms with Crippen molar-refractivity contribution in [1.29, 1.82) is 0 Å². The number of esters is 1. The summed E-state index contributed by atoms with van der Waals surface area (Å²) in [4.78, 5) is 25.9. The van der Waals surface area contributed by atoms with Gasteiger partial charge in [-0.3, -0.25) is 5.32 Å². The predicted molar refractivity (Wildman–Crippen MR) is 91.4 cm³/mol. The first-order chi connectivity index (χ1) is 11.7. The van der Waals surface area contributed by atoms with Crippen LogP contribution >= 0.6 is 11.3 Å². The van der Waals surface area contributed by atoms with Gasteiger partial charge in [-0.1, -0.05) is 30.3 Å². The molecule has 1 atom stereocenters. The standard InChI is InChI=1S/C17H18N2O4S/c1-22-16(20)13-9-15(24-11-13)18-17(21)19-7-8-23-10-14(19)12-5-3-2-4-6-12/h2-6,9,11,14H,7-8,10H2,1H3,(H,18,21)/t14-/m1/s1. The van der Waals surface area contributed by atoms with Crippen LogP contribution < -0.4 is 5.32 Å². The van der Waals surface area contributed by atoms with Gasteiger partial charge in [-0.25, -0.2) is 9.59 Å². The molecule has 1 aliphatic heterocycles. The lowest BCUT2D eigenvalue weighted by Crippen LogP contribution is -2.45. The molecule has 126 valence electrons. The number of benzene rings is 1. The fraction of sp³-hybridized carbons (Fsp3) is 0.294. The van der Waals surface area contributed by atoms with Crippen LogP contribution in [0.2, 0.25) is 0 Å². The molecular formula is C17H18N2O4S. The molecule has 1 aromatic heterocycles. The Morgan fingerprint density at radius 1 is 1.33 bits per heavy atom. The summed E-state index contributed by atoms with van der Waals surface area (Å²) in [5.74, 6) is -0.416. The van der Waals surface area contributed by atoms with E-state index in [0.29, 0.717) is 30.3 Å². The van der Waals surface area contributed by atoms with Crippen molar-refractivity contribution in [2.24, 2.45) is 0 Å². The number of methoxy groups -OCH3 is 1. The largest absolute Gasteiger partial charge is 0.465 e. The van der Waals surface area contributed by atoms with E-state index < -0.39 is 5.97 Å². The first-order valence-corrected chi connectivity index (χ1v) is 8.44. The van der Waals surface area contributed by atoms with Gasteiger partial charge < -0.3 is 14.4 Å². The van der Waals surface area contributed by atoms with Crippen molar-refractivity contribution in [3.05, 3.63) is 52.9 Å². The summed E-state index contributed by atoms with van der Waals surface area (Å²) in [5.41, 5.74) is 1.47. The fourth-order valence-corrected chi connectivity index (χ4v) is 3.36. The Bertz CT molecular complexity index is 716. The van der Waals surface area contributed by atoms with Crippen LogP contribution in [-0.2, 0) is 9.47 Å². The minimum Gasteiger partial charge on any atom is -0.465 e. The Hall–Kier alpha value is -2.38. The van der Waals surface area contributed by atoms with Gasteiger partial charge in [-0.2, -0.15) is 0 Å². The van der Waals surface area contributed by atoms with Gasteiger partial charge >= 0.3 is 12.0 Å². The zero-order chi connectivity index (χ0) is 16.9. The van der Waals surface area contributed by atoms with Gasteiger partial charge in [0.1, 0.15) is 0 Å². The van der Waals surface area contributed by atoms with E-state index in [-0.39, 0.29) is 12.1 Å². The number of hydrogen-bond donors (Lipinski definition) is 1. The Morgan fingerprint density at radius 2 is 2.12 bits per heavy atom. The van der Waals surface area contributed by atoms with Crippen LogP contribution in [-0.4, -0.2) is 43.8 Å². The molecule has 0 bridgehead atoms. The molecule has 1 N–H and O–H groups in total. The number of thiophene rings is 1. The second-order valence-corrected chi connectivity index (χ2v) is 6.23. The number of amides is 2. The predicted octanol–water partition coefficient (Wildman–Crippen LogP) is 3.14. The number of urea groups is 1. The smallest absolute Gasteiger partial charge is 0.338 e. The highest BCUT2D eigenvalue weighted by molar-refractivity contribution is 7.14. The highest BCUT2D eigenvalue weighted by Gasteiger charge is 2.28. The SMILES string of the molecule is COC(=O)c1csc(NC(=O)N2CCOC[C@@H]2c2ccccc2)c1. The summed E-state index contributed by atoms with van der Waals surface area (Å²) >= 11 is 1.29. The highest BCUT2D eigenvalue weighted by Crippen LogP contribution is 2.26. The van der Waals surface area contributed by atoms with Crippen molar-refractivity contribution in [3.63, 3.8) is 0 Å². The van der Waals surface area contributed by atoms with E-state index in [2.05, 4.69) is 10.1 Å². The Kier molecular flexibility index (Phi) is 5.12. The van der Waals surface area contributed by atoms with Crippen molar-refractivity contribution in [1.82, 2.24) is 4.90 Å². The quantitative estimate of drug-likeness (QED) is 0.867. The Morgan fingerprint density at radius 3 is 2.88 bits per heavy atom. The first-order valence-electron chi connectivity index (χ1n) is 7.56. The third-order valence-corrected chi connectivity index (χ3v) is 4.67. The van der Waals surface area contributed by atoms with Crippen molar-refractivity contribution < 1.29 is 19.1 Å². The monoisotopic (exact) mass is 346 g/mol. The molecule has 2 aromatic rings. The minimum atomic E-state index is -0.416. The summed E-state index contributed by atoms with van der Waals surface area (Å²) < 4.78 is 10.2. The van der Waals surface area contributed by atoms with Crippen LogP contribution in [0.25, 0.3) is 0 Å². The molecule has 0 saturated carbocycles. The Balaban J connectivity index is 1.72. The molecule has 0 radical (unpaired) electrons. The number of morpholine rings is 1. The molecule has 24 heavy (non-hydrogen) atoms. The minimum absolute atomic E-state index is 0.125. The number of ether oxygens (including phenoxy) is 2. The van der Waals surface area contributed by atoms with Crippen molar-refractivity contribution >= 4 is 28.3 Å². The lowest BCUT2D eigenvalue weighted by Gasteiger charge is -2.35. The number of nitrogens with one attached hydrogen (secondary N) is 1. The van der Waals surface area contributed by atoms with Gasteiger partial charge in [0.05, 0.1) is 36.9 Å². The number of carbonyl (C=O) groups is 2. The summed E-state index contributed by atoms with van der Waals surface area (Å²) in [7, 11) is 1.33. The lowest BCUT2D eigenvalue weighted by atomic mass is 10.1. The van der Waals surface area contributed by atoms with Gasteiger partial charge in [0.15, 0.2) is 0 Å². The third kappa shape index (κ3) is 3.58. The molecule has 0 unspecified atom stereocenters. The average Bonchev–Trinajstić information content (AvgIpc) is 3.10. The Labute approximate surface area is 144 Å². The van der Waals surface area contributed by atoms with E-state index >= 15 is 0 Å². The van der Waals surface area contributed by atoms with Crippen molar-refractivity contribution in [2.75, 3.05) is 32.2 Å². The number of anilines is 1. The second kappa shape index (κ2) is 7.46. The number of carbonyl (C=O) groups excluding carboxylic acids is 2. The topological polar surface area (TPSA) is 67.9 Å². The van der Waals surface area contributed by atoms with Crippen LogP contribution in [0, 0.1) is 0 Å². The molecule has 0 aliphatic carbocycles. The summed E-state index contributed by atoms with van der Waals surface area (Å²) in [5, 5.41) is 5.12. The zero-order valence-electron chi connectivity index (χ0n) is 13.2. The number of rotatable bonds is 3. The van der Waals surface area contributed by atoms with Crippen LogP contribution in [0.15, 0.2) is 41.8 Å². The average molecular weight is 346 g/mol. The lowest BCUT2D eigenvalue weighted by molar-refractivity contribution is 0.0148. The maximum atomic E-state index is 12.6. The molecule has 1 fully saturated rings. The van der Waals surface area contributed by atoms with E-state index in [4.69, 9.17) is 4.74 Å². The maximum absolute atomic E-state index is 12.6. The fourth-order valence-electron chi connectivity index (χ4n) is 2.60. The van der Waals surface area contributed by atoms with Gasteiger partial charge in [0.2, 0.25) is 0 Å². The molecule has 2 amide bonds. The van der Waals surface area contributed by atoms with E-state index in [1.165, 1.54) is 18.4 Å². The van der Waals surface area contributed by atoms with E-state index in [0.717, 1.165) is 5.56 Å². The van der Waals surface area contributed by atoms with Crippen LogP contribution in [0.3, 0.4) is 0 Å². The molecule has 6 nitrogen and oxygen atoms in total. The van der Waals surface area contributed by atoms with Crippen LogP contribution in [0.5, 0.6) is 0 Å². The highest BCUT2D eigenvalue weighted by atomic mass is 32.1. The van der Waals surface area contributed by atoms with Crippen molar-refractivity contribution in [3.8, 4) is 0 Å². The molecule has 1 aromatic carbocycles. The van der Waals surface area contributed by atoms with Crippen molar-refractivity contribution in [2.45, 2.75) is 6.04 Å². The van der Waals surface area contributed by atoms with Crippen LogP contribution in [0.4, 0.5) is 9.80 Å². The molecule has 7 heteroatoms. The maximum Gasteiger partial charge on any atom is 0.338 e. The molecule has 1 aliphatic rings. The first kappa shape index (κ1) is 16.5.